The minimum atomic E-state index is -0.519. The predicted octanol–water partition coefficient (Wildman–Crippen LogP) is 4.66. The maximum atomic E-state index is 13.7. The van der Waals surface area contributed by atoms with Gasteiger partial charge < -0.3 is 9.64 Å². The highest BCUT2D eigenvalue weighted by Crippen LogP contribution is 2.34. The fourth-order valence-electron chi connectivity index (χ4n) is 2.37. The summed E-state index contributed by atoms with van der Waals surface area (Å²) in [5.41, 5.74) is 0.295. The van der Waals surface area contributed by atoms with Crippen molar-refractivity contribution in [1.82, 2.24) is 4.90 Å². The van der Waals surface area contributed by atoms with Crippen LogP contribution in [0.4, 0.5) is 9.18 Å². The molecule has 0 aromatic heterocycles. The van der Waals surface area contributed by atoms with Gasteiger partial charge in [0, 0.05) is 6.54 Å². The van der Waals surface area contributed by atoms with E-state index in [-0.39, 0.29) is 18.0 Å². The van der Waals surface area contributed by atoms with E-state index in [1.807, 2.05) is 26.8 Å². The zero-order valence-electron chi connectivity index (χ0n) is 12.0. The van der Waals surface area contributed by atoms with E-state index < -0.39 is 5.60 Å². The van der Waals surface area contributed by atoms with E-state index in [0.717, 1.165) is 18.4 Å². The molecule has 0 unspecified atom stereocenters. The maximum Gasteiger partial charge on any atom is 0.410 e. The Kier molecular flexibility index (Phi) is 4.37. The quantitative estimate of drug-likeness (QED) is 0.742. The number of carbonyl (C=O) groups is 1. The first kappa shape index (κ1) is 15.3. The van der Waals surface area contributed by atoms with E-state index in [1.165, 1.54) is 6.07 Å². The van der Waals surface area contributed by atoms with Crippen molar-refractivity contribution in [3.63, 3.8) is 0 Å². The van der Waals surface area contributed by atoms with Gasteiger partial charge in [0.2, 0.25) is 0 Å². The van der Waals surface area contributed by atoms with Crippen LogP contribution >= 0.6 is 15.9 Å². The van der Waals surface area contributed by atoms with E-state index in [1.54, 1.807) is 11.0 Å². The average molecular weight is 344 g/mol. The zero-order chi connectivity index (χ0) is 14.9. The lowest BCUT2D eigenvalue weighted by Gasteiger charge is -2.28. The van der Waals surface area contributed by atoms with E-state index in [4.69, 9.17) is 4.74 Å². The van der Waals surface area contributed by atoms with Crippen LogP contribution in [0.25, 0.3) is 0 Å². The number of carbonyl (C=O) groups excluding carboxylic acids is 1. The van der Waals surface area contributed by atoms with Crippen molar-refractivity contribution in [3.8, 4) is 0 Å². The second kappa shape index (κ2) is 5.72. The number of ether oxygens (including phenoxy) is 1. The van der Waals surface area contributed by atoms with Crippen molar-refractivity contribution in [2.45, 2.75) is 45.3 Å². The number of halogens is 2. The van der Waals surface area contributed by atoms with Gasteiger partial charge >= 0.3 is 6.09 Å². The normalized spacial score (nSPS) is 19.2. The molecule has 1 amide bonds. The highest BCUT2D eigenvalue weighted by atomic mass is 79.9. The second-order valence-corrected chi connectivity index (χ2v) is 6.86. The molecule has 0 bridgehead atoms. The van der Waals surface area contributed by atoms with Gasteiger partial charge in [0.15, 0.2) is 0 Å². The van der Waals surface area contributed by atoms with Gasteiger partial charge in [-0.2, -0.15) is 0 Å². The largest absolute Gasteiger partial charge is 0.444 e. The lowest BCUT2D eigenvalue weighted by atomic mass is 10.0. The third-order valence-corrected chi connectivity index (χ3v) is 3.85. The summed E-state index contributed by atoms with van der Waals surface area (Å²) < 4.78 is 19.5. The Morgan fingerprint density at radius 2 is 2.15 bits per heavy atom. The van der Waals surface area contributed by atoms with Gasteiger partial charge in [-0.3, -0.25) is 0 Å². The van der Waals surface area contributed by atoms with Gasteiger partial charge in [0.1, 0.15) is 11.4 Å². The summed E-state index contributed by atoms with van der Waals surface area (Å²) in [6, 6.07) is 4.90. The topological polar surface area (TPSA) is 29.5 Å². The van der Waals surface area contributed by atoms with Gasteiger partial charge in [0.05, 0.1) is 10.5 Å². The van der Waals surface area contributed by atoms with E-state index in [0.29, 0.717) is 11.0 Å². The molecule has 1 aromatic carbocycles. The molecule has 1 atom stereocenters. The SMILES string of the molecule is CC(C)(C)OC(=O)N1CCC[C@@H]1c1ccc(Br)c(F)c1. The summed E-state index contributed by atoms with van der Waals surface area (Å²) in [6.45, 7) is 6.18. The van der Waals surface area contributed by atoms with Gasteiger partial charge in [-0.05, 0) is 67.2 Å². The molecule has 3 nitrogen and oxygen atoms in total. The lowest BCUT2D eigenvalue weighted by Crippen LogP contribution is -2.36. The van der Waals surface area contributed by atoms with Crippen molar-refractivity contribution in [2.24, 2.45) is 0 Å². The Bertz CT molecular complexity index is 513. The van der Waals surface area contributed by atoms with Crippen molar-refractivity contribution < 1.29 is 13.9 Å². The molecule has 1 aliphatic rings. The Morgan fingerprint density at radius 3 is 2.75 bits per heavy atom. The molecule has 2 rings (SSSR count). The van der Waals surface area contributed by atoms with Crippen LogP contribution in [0.5, 0.6) is 0 Å². The Labute approximate surface area is 127 Å². The molecular formula is C15H19BrFNO2. The molecular weight excluding hydrogens is 325 g/mol. The fraction of sp³-hybridized carbons (Fsp3) is 0.533. The summed E-state index contributed by atoms with van der Waals surface area (Å²) in [4.78, 5) is 13.9. The summed E-state index contributed by atoms with van der Waals surface area (Å²) in [7, 11) is 0. The first-order chi connectivity index (χ1) is 9.28. The third kappa shape index (κ3) is 3.51. The van der Waals surface area contributed by atoms with Gasteiger partial charge in [-0.25, -0.2) is 9.18 Å². The molecule has 0 aliphatic carbocycles. The molecule has 110 valence electrons. The van der Waals surface area contributed by atoms with Crippen LogP contribution in [0.1, 0.15) is 45.2 Å². The molecule has 0 spiro atoms. The zero-order valence-corrected chi connectivity index (χ0v) is 13.5. The molecule has 1 aliphatic heterocycles. The monoisotopic (exact) mass is 343 g/mol. The molecule has 5 heteroatoms. The number of hydrogen-bond acceptors (Lipinski definition) is 2. The van der Waals surface area contributed by atoms with Crippen LogP contribution in [0.2, 0.25) is 0 Å². The number of likely N-dealkylation sites (tertiary alicyclic amines) is 1. The molecule has 1 fully saturated rings. The Balaban J connectivity index is 2.18. The van der Waals surface area contributed by atoms with Crippen LogP contribution in [-0.2, 0) is 4.74 Å². The van der Waals surface area contributed by atoms with Gasteiger partial charge in [0.25, 0.3) is 0 Å². The number of hydrogen-bond donors (Lipinski definition) is 0. The van der Waals surface area contributed by atoms with Crippen LogP contribution in [0, 0.1) is 5.82 Å². The fourth-order valence-corrected chi connectivity index (χ4v) is 2.62. The Hall–Kier alpha value is -1.10. The molecule has 1 saturated heterocycles. The lowest BCUT2D eigenvalue weighted by molar-refractivity contribution is 0.0224. The number of amides is 1. The van der Waals surface area contributed by atoms with E-state index in [2.05, 4.69) is 15.9 Å². The first-order valence-corrected chi connectivity index (χ1v) is 7.52. The summed E-state index contributed by atoms with van der Waals surface area (Å²) in [5, 5.41) is 0. The second-order valence-electron chi connectivity index (χ2n) is 6.01. The number of nitrogens with zero attached hydrogens (tertiary/aromatic N) is 1. The number of rotatable bonds is 1. The summed E-state index contributed by atoms with van der Waals surface area (Å²) in [6.07, 6.45) is 1.41. The molecule has 0 radical (unpaired) electrons. The molecule has 20 heavy (non-hydrogen) atoms. The highest BCUT2D eigenvalue weighted by molar-refractivity contribution is 9.10. The van der Waals surface area contributed by atoms with Crippen molar-refractivity contribution >= 4 is 22.0 Å². The molecule has 1 aromatic rings. The van der Waals surface area contributed by atoms with Crippen molar-refractivity contribution in [3.05, 3.63) is 34.1 Å². The van der Waals surface area contributed by atoms with Crippen LogP contribution < -0.4 is 0 Å². The van der Waals surface area contributed by atoms with Crippen LogP contribution in [-0.4, -0.2) is 23.1 Å². The predicted molar refractivity (Wildman–Crippen MR) is 79.0 cm³/mol. The van der Waals surface area contributed by atoms with Crippen molar-refractivity contribution in [2.75, 3.05) is 6.54 Å². The average Bonchev–Trinajstić information content (AvgIpc) is 2.79. The van der Waals surface area contributed by atoms with Gasteiger partial charge in [-0.15, -0.1) is 0 Å². The third-order valence-electron chi connectivity index (χ3n) is 3.21. The minimum absolute atomic E-state index is 0.104. The van der Waals surface area contributed by atoms with E-state index in [9.17, 15) is 9.18 Å². The van der Waals surface area contributed by atoms with Crippen molar-refractivity contribution in [1.29, 1.82) is 0 Å². The van der Waals surface area contributed by atoms with E-state index >= 15 is 0 Å². The standard InChI is InChI=1S/C15H19BrFNO2/c1-15(2,3)20-14(19)18-8-4-5-13(18)10-6-7-11(16)12(17)9-10/h6-7,9,13H,4-5,8H2,1-3H3/t13-/m1/s1. The first-order valence-electron chi connectivity index (χ1n) is 6.72. The summed E-state index contributed by atoms with van der Waals surface area (Å²) >= 11 is 3.14. The minimum Gasteiger partial charge on any atom is -0.444 e. The smallest absolute Gasteiger partial charge is 0.410 e. The maximum absolute atomic E-state index is 13.7. The Morgan fingerprint density at radius 1 is 1.45 bits per heavy atom. The van der Waals surface area contributed by atoms with Crippen LogP contribution in [0.15, 0.2) is 22.7 Å². The summed E-state index contributed by atoms with van der Waals surface area (Å²) in [5.74, 6) is -0.307. The molecule has 0 saturated carbocycles. The molecule has 1 heterocycles. The highest BCUT2D eigenvalue weighted by Gasteiger charge is 2.33. The number of benzene rings is 1. The molecule has 0 N–H and O–H groups in total. The van der Waals surface area contributed by atoms with Gasteiger partial charge in [-0.1, -0.05) is 6.07 Å². The van der Waals surface area contributed by atoms with Crippen LogP contribution in [0.3, 0.4) is 0 Å².